The molecule has 3 rings (SSSR count). The molecule has 3 aliphatic carbocycles. The summed E-state index contributed by atoms with van der Waals surface area (Å²) in [5.74, 6) is 1.39. The van der Waals surface area contributed by atoms with Gasteiger partial charge in [-0.3, -0.25) is 0 Å². The third-order valence-corrected chi connectivity index (χ3v) is 4.28. The van der Waals surface area contributed by atoms with Crippen LogP contribution in [0.3, 0.4) is 0 Å². The molecule has 0 aromatic heterocycles. The number of amides is 1. The van der Waals surface area contributed by atoms with Crippen LogP contribution in [0, 0.1) is 17.3 Å². The van der Waals surface area contributed by atoms with Gasteiger partial charge in [0.15, 0.2) is 0 Å². The highest BCUT2D eigenvalue weighted by Crippen LogP contribution is 2.58. The molecular formula is C15H24N2O2. The molecule has 0 spiro atoms. The van der Waals surface area contributed by atoms with Crippen molar-refractivity contribution < 1.29 is 9.53 Å². The molecule has 0 unspecified atom stereocenters. The lowest BCUT2D eigenvalue weighted by atomic mass is 9.49. The van der Waals surface area contributed by atoms with Gasteiger partial charge in [-0.15, -0.1) is 0 Å². The first kappa shape index (κ1) is 14.1. The minimum atomic E-state index is -0.508. The smallest absolute Gasteiger partial charge is 0.428 e. The van der Waals surface area contributed by atoms with Crippen molar-refractivity contribution in [2.75, 3.05) is 0 Å². The number of fused-ring (bicyclic) bond motifs is 1. The molecule has 0 saturated heterocycles. The number of allylic oxidation sites excluding steroid dienone is 2. The molecule has 4 nitrogen and oxygen atoms in total. The van der Waals surface area contributed by atoms with E-state index in [0.717, 1.165) is 12.3 Å². The summed E-state index contributed by atoms with van der Waals surface area (Å²) in [6.07, 6.45) is 5.87. The number of rotatable bonds is 2. The lowest BCUT2D eigenvalue weighted by Gasteiger charge is -2.55. The average molecular weight is 264 g/mol. The summed E-state index contributed by atoms with van der Waals surface area (Å²) in [6, 6.07) is 0. The largest absolute Gasteiger partial charge is 0.443 e. The first-order valence-corrected chi connectivity index (χ1v) is 6.92. The van der Waals surface area contributed by atoms with Gasteiger partial charge in [-0.05, 0) is 56.4 Å². The Morgan fingerprint density at radius 2 is 2.21 bits per heavy atom. The minimum Gasteiger partial charge on any atom is -0.443 e. The summed E-state index contributed by atoms with van der Waals surface area (Å²) in [7, 11) is 0. The molecule has 0 aromatic carbocycles. The zero-order valence-corrected chi connectivity index (χ0v) is 12.5. The zero-order valence-electron chi connectivity index (χ0n) is 12.5. The van der Waals surface area contributed by atoms with Gasteiger partial charge in [-0.25, -0.2) is 10.2 Å². The Morgan fingerprint density at radius 3 is 2.74 bits per heavy atom. The van der Waals surface area contributed by atoms with Gasteiger partial charge in [-0.1, -0.05) is 19.9 Å². The topological polar surface area (TPSA) is 50.7 Å². The fourth-order valence-corrected chi connectivity index (χ4v) is 3.01. The number of nitrogens with zero attached hydrogens (tertiary/aromatic N) is 1. The van der Waals surface area contributed by atoms with Crippen molar-refractivity contribution in [2.45, 2.75) is 53.1 Å². The van der Waals surface area contributed by atoms with Crippen LogP contribution in [-0.4, -0.2) is 17.9 Å². The molecule has 1 amide bonds. The molecule has 4 heteroatoms. The quantitative estimate of drug-likeness (QED) is 0.613. The van der Waals surface area contributed by atoms with Crippen LogP contribution in [0.4, 0.5) is 4.79 Å². The average Bonchev–Trinajstić information content (AvgIpc) is 2.26. The predicted octanol–water partition coefficient (Wildman–Crippen LogP) is 3.49. The van der Waals surface area contributed by atoms with E-state index in [1.54, 1.807) is 6.21 Å². The van der Waals surface area contributed by atoms with Gasteiger partial charge in [0.25, 0.3) is 0 Å². The third kappa shape index (κ3) is 2.99. The third-order valence-electron chi connectivity index (χ3n) is 4.28. The molecule has 0 heterocycles. The van der Waals surface area contributed by atoms with Gasteiger partial charge in [-0.2, -0.15) is 5.10 Å². The summed E-state index contributed by atoms with van der Waals surface area (Å²) in [6.45, 7) is 10.1. The van der Waals surface area contributed by atoms with Crippen LogP contribution in [0.25, 0.3) is 0 Å². The van der Waals surface area contributed by atoms with E-state index in [1.165, 1.54) is 12.0 Å². The van der Waals surface area contributed by atoms with E-state index in [2.05, 4.69) is 30.5 Å². The van der Waals surface area contributed by atoms with E-state index >= 15 is 0 Å². The lowest BCUT2D eigenvalue weighted by molar-refractivity contribution is -0.00127. The van der Waals surface area contributed by atoms with Crippen molar-refractivity contribution in [1.82, 2.24) is 5.43 Å². The van der Waals surface area contributed by atoms with Crippen LogP contribution < -0.4 is 5.43 Å². The van der Waals surface area contributed by atoms with Crippen molar-refractivity contribution in [2.24, 2.45) is 22.4 Å². The van der Waals surface area contributed by atoms with Crippen LogP contribution in [0.15, 0.2) is 16.8 Å². The van der Waals surface area contributed by atoms with Gasteiger partial charge in [0.1, 0.15) is 5.60 Å². The first-order valence-electron chi connectivity index (χ1n) is 6.92. The van der Waals surface area contributed by atoms with Crippen LogP contribution in [-0.2, 0) is 4.74 Å². The molecule has 19 heavy (non-hydrogen) atoms. The van der Waals surface area contributed by atoms with Gasteiger partial charge in [0.2, 0.25) is 0 Å². The molecule has 106 valence electrons. The Bertz CT molecular complexity index is 430. The molecule has 0 aliphatic heterocycles. The molecule has 0 radical (unpaired) electrons. The van der Waals surface area contributed by atoms with Gasteiger partial charge in [0.05, 0.1) is 6.21 Å². The van der Waals surface area contributed by atoms with E-state index in [1.807, 2.05) is 20.8 Å². The van der Waals surface area contributed by atoms with E-state index in [9.17, 15) is 4.79 Å². The van der Waals surface area contributed by atoms with Crippen LogP contribution >= 0.6 is 0 Å². The maximum absolute atomic E-state index is 11.5. The van der Waals surface area contributed by atoms with E-state index in [-0.39, 0.29) is 0 Å². The Balaban J connectivity index is 1.87. The Labute approximate surface area is 115 Å². The number of nitrogens with one attached hydrogen (secondary N) is 1. The van der Waals surface area contributed by atoms with E-state index in [4.69, 9.17) is 4.74 Å². The van der Waals surface area contributed by atoms with Gasteiger partial charge < -0.3 is 4.74 Å². The summed E-state index contributed by atoms with van der Waals surface area (Å²) >= 11 is 0. The number of carbonyl (C=O) groups excluding carboxylic acids is 1. The number of hydrazone groups is 1. The van der Waals surface area contributed by atoms with Crippen molar-refractivity contribution >= 4 is 12.3 Å². The van der Waals surface area contributed by atoms with Gasteiger partial charge in [0, 0.05) is 0 Å². The lowest BCUT2D eigenvalue weighted by Crippen LogP contribution is -2.48. The zero-order chi connectivity index (χ0) is 14.3. The molecule has 0 aromatic rings. The number of hydrogen-bond donors (Lipinski definition) is 1. The summed E-state index contributed by atoms with van der Waals surface area (Å²) in [5, 5.41) is 4.00. The fraction of sp³-hybridized carbons (Fsp3) is 0.733. The molecule has 1 saturated carbocycles. The normalized spacial score (nSPS) is 28.6. The number of carbonyl (C=O) groups is 1. The van der Waals surface area contributed by atoms with Crippen molar-refractivity contribution in [1.29, 1.82) is 0 Å². The van der Waals surface area contributed by atoms with Crippen LogP contribution in [0.2, 0.25) is 0 Å². The maximum atomic E-state index is 11.5. The predicted molar refractivity (Wildman–Crippen MR) is 75.9 cm³/mol. The van der Waals surface area contributed by atoms with Crippen molar-refractivity contribution in [3.8, 4) is 0 Å². The molecule has 3 aliphatic rings. The Kier molecular flexibility index (Phi) is 3.45. The molecule has 2 bridgehead atoms. The molecule has 2 atom stereocenters. The minimum absolute atomic E-state index is 0.377. The summed E-state index contributed by atoms with van der Waals surface area (Å²) in [4.78, 5) is 11.5. The second kappa shape index (κ2) is 4.66. The SMILES string of the molecule is CC(C)(C)OC(=O)N/N=C\C1=CC[C@H]2C[C@H]1C2(C)C. The van der Waals surface area contributed by atoms with Gasteiger partial charge >= 0.3 is 6.09 Å². The molecule has 1 N–H and O–H groups in total. The van der Waals surface area contributed by atoms with Crippen molar-refractivity contribution in [3.05, 3.63) is 11.6 Å². The second-order valence-corrected chi connectivity index (χ2v) is 7.12. The van der Waals surface area contributed by atoms with Crippen LogP contribution in [0.1, 0.15) is 47.5 Å². The number of hydrogen-bond acceptors (Lipinski definition) is 3. The fourth-order valence-electron chi connectivity index (χ4n) is 3.01. The Morgan fingerprint density at radius 1 is 1.53 bits per heavy atom. The number of ether oxygens (including phenoxy) is 1. The van der Waals surface area contributed by atoms with Crippen LogP contribution in [0.5, 0.6) is 0 Å². The summed E-state index contributed by atoms with van der Waals surface area (Å²) < 4.78 is 5.12. The second-order valence-electron chi connectivity index (χ2n) is 7.12. The first-order chi connectivity index (χ1) is 8.70. The standard InChI is InChI=1S/C15H24N2O2/c1-14(2,3)19-13(18)17-16-9-10-6-7-11-8-12(10)15(11,4)5/h6,9,11-12H,7-8H2,1-5H3,(H,17,18)/b16-9-/t11-,12+/m0/s1. The maximum Gasteiger partial charge on any atom is 0.428 e. The van der Waals surface area contributed by atoms with E-state index < -0.39 is 11.7 Å². The van der Waals surface area contributed by atoms with Crippen molar-refractivity contribution in [3.63, 3.8) is 0 Å². The molecular weight excluding hydrogens is 240 g/mol. The molecule has 1 fully saturated rings. The highest BCUT2D eigenvalue weighted by Gasteiger charge is 2.50. The van der Waals surface area contributed by atoms with E-state index in [0.29, 0.717) is 11.3 Å². The Hall–Kier alpha value is -1.32. The highest BCUT2D eigenvalue weighted by molar-refractivity contribution is 5.81. The summed E-state index contributed by atoms with van der Waals surface area (Å²) in [5.41, 5.74) is 3.54. The highest BCUT2D eigenvalue weighted by atomic mass is 16.6. The monoisotopic (exact) mass is 264 g/mol.